The molecule has 0 saturated heterocycles. The number of hydrogen-bond donors (Lipinski definition) is 2. The Balaban J connectivity index is 3.27. The highest BCUT2D eigenvalue weighted by atomic mass is 79.9. The van der Waals surface area contributed by atoms with E-state index in [-0.39, 0.29) is 23.6 Å². The zero-order valence-electron chi connectivity index (χ0n) is 9.39. The Labute approximate surface area is 130 Å². The Bertz CT molecular complexity index is 503. The standard InChI is InChI=1S/C11H10Br3NO3/c1-5-7(13)4-6(11(17)18)10(9(5)14)15-8(16)2-3-12/h4H,2-3H2,1H3,(H,15,16)(H,17,18). The average molecular weight is 444 g/mol. The molecular weight excluding hydrogens is 434 g/mol. The van der Waals surface area contributed by atoms with E-state index in [1.807, 2.05) is 6.92 Å². The van der Waals surface area contributed by atoms with Crippen molar-refractivity contribution in [3.63, 3.8) is 0 Å². The lowest BCUT2D eigenvalue weighted by atomic mass is 10.1. The van der Waals surface area contributed by atoms with Crippen LogP contribution in [0.3, 0.4) is 0 Å². The maximum absolute atomic E-state index is 11.6. The number of anilines is 1. The molecule has 1 rings (SSSR count). The quantitative estimate of drug-likeness (QED) is 0.693. The molecule has 0 fully saturated rings. The van der Waals surface area contributed by atoms with E-state index in [0.717, 1.165) is 5.56 Å². The number of carboxylic acid groups (broad SMARTS) is 1. The predicted molar refractivity (Wildman–Crippen MR) is 80.6 cm³/mol. The number of aromatic carboxylic acids is 1. The van der Waals surface area contributed by atoms with Gasteiger partial charge < -0.3 is 10.4 Å². The van der Waals surface area contributed by atoms with Crippen LogP contribution in [0, 0.1) is 6.92 Å². The van der Waals surface area contributed by atoms with E-state index in [1.54, 1.807) is 0 Å². The van der Waals surface area contributed by atoms with Crippen molar-refractivity contribution in [2.45, 2.75) is 13.3 Å². The number of carbonyl (C=O) groups excluding carboxylic acids is 1. The van der Waals surface area contributed by atoms with Crippen molar-refractivity contribution in [2.75, 3.05) is 10.6 Å². The van der Waals surface area contributed by atoms with Crippen molar-refractivity contribution >= 4 is 65.4 Å². The maximum atomic E-state index is 11.6. The van der Waals surface area contributed by atoms with Gasteiger partial charge in [-0.05, 0) is 34.5 Å². The molecule has 4 nitrogen and oxygen atoms in total. The van der Waals surface area contributed by atoms with Gasteiger partial charge in [-0.25, -0.2) is 4.79 Å². The van der Waals surface area contributed by atoms with Crippen LogP contribution in [0.2, 0.25) is 0 Å². The van der Waals surface area contributed by atoms with Gasteiger partial charge in [0.25, 0.3) is 0 Å². The summed E-state index contributed by atoms with van der Waals surface area (Å²) in [6.07, 6.45) is 0.278. The second-order valence-electron chi connectivity index (χ2n) is 3.51. The minimum Gasteiger partial charge on any atom is -0.478 e. The van der Waals surface area contributed by atoms with Crippen LogP contribution in [0.4, 0.5) is 5.69 Å². The van der Waals surface area contributed by atoms with E-state index in [0.29, 0.717) is 14.3 Å². The number of benzene rings is 1. The van der Waals surface area contributed by atoms with Crippen LogP contribution in [-0.4, -0.2) is 22.3 Å². The van der Waals surface area contributed by atoms with Crippen LogP contribution < -0.4 is 5.32 Å². The Kier molecular flexibility index (Phi) is 5.81. The van der Waals surface area contributed by atoms with E-state index in [2.05, 4.69) is 53.1 Å². The fourth-order valence-electron chi connectivity index (χ4n) is 1.30. The highest BCUT2D eigenvalue weighted by Gasteiger charge is 2.19. The molecular formula is C11H10Br3NO3. The molecule has 0 aromatic heterocycles. The molecule has 0 aliphatic carbocycles. The first-order chi connectivity index (χ1) is 8.38. The maximum Gasteiger partial charge on any atom is 0.337 e. The van der Waals surface area contributed by atoms with Crippen LogP contribution in [0.5, 0.6) is 0 Å². The molecule has 0 radical (unpaired) electrons. The van der Waals surface area contributed by atoms with Gasteiger partial charge in [-0.15, -0.1) is 0 Å². The first-order valence-corrected chi connectivity index (χ1v) is 7.67. The SMILES string of the molecule is Cc1c(Br)cc(C(=O)O)c(NC(=O)CCBr)c1Br. The third kappa shape index (κ3) is 3.55. The number of rotatable bonds is 4. The highest BCUT2D eigenvalue weighted by Crippen LogP contribution is 2.35. The Hall–Kier alpha value is -0.400. The summed E-state index contributed by atoms with van der Waals surface area (Å²) in [4.78, 5) is 22.7. The van der Waals surface area contributed by atoms with Gasteiger partial charge in [0.15, 0.2) is 0 Å². The van der Waals surface area contributed by atoms with Crippen molar-refractivity contribution in [1.29, 1.82) is 0 Å². The summed E-state index contributed by atoms with van der Waals surface area (Å²) in [6, 6.07) is 1.48. The molecule has 0 aliphatic heterocycles. The lowest BCUT2D eigenvalue weighted by molar-refractivity contribution is -0.115. The molecule has 0 heterocycles. The van der Waals surface area contributed by atoms with Crippen molar-refractivity contribution in [3.05, 3.63) is 26.1 Å². The third-order valence-electron chi connectivity index (χ3n) is 2.26. The van der Waals surface area contributed by atoms with Gasteiger partial charge in [0.05, 0.1) is 11.3 Å². The summed E-state index contributed by atoms with van der Waals surface area (Å²) in [7, 11) is 0. The molecule has 2 N–H and O–H groups in total. The summed E-state index contributed by atoms with van der Waals surface area (Å²) in [5, 5.41) is 12.3. The molecule has 0 atom stereocenters. The van der Waals surface area contributed by atoms with Crippen molar-refractivity contribution in [2.24, 2.45) is 0 Å². The zero-order valence-corrected chi connectivity index (χ0v) is 14.1. The normalized spacial score (nSPS) is 10.2. The van der Waals surface area contributed by atoms with E-state index in [9.17, 15) is 9.59 Å². The number of halogens is 3. The number of amides is 1. The third-order valence-corrected chi connectivity index (χ3v) is 4.48. The van der Waals surface area contributed by atoms with Gasteiger partial charge in [-0.3, -0.25) is 4.79 Å². The van der Waals surface area contributed by atoms with E-state index >= 15 is 0 Å². The number of hydrogen-bond acceptors (Lipinski definition) is 2. The second kappa shape index (κ2) is 6.68. The molecule has 1 aromatic rings. The first-order valence-electron chi connectivity index (χ1n) is 4.96. The molecule has 1 aromatic carbocycles. The van der Waals surface area contributed by atoms with Crippen LogP contribution in [0.25, 0.3) is 0 Å². The zero-order chi connectivity index (χ0) is 13.9. The number of nitrogens with one attached hydrogen (secondary N) is 1. The van der Waals surface area contributed by atoms with Crippen LogP contribution in [0.1, 0.15) is 22.3 Å². The van der Waals surface area contributed by atoms with E-state index in [1.165, 1.54) is 6.07 Å². The predicted octanol–water partition coefficient (Wildman–Crippen LogP) is 3.94. The topological polar surface area (TPSA) is 66.4 Å². The smallest absolute Gasteiger partial charge is 0.337 e. The van der Waals surface area contributed by atoms with E-state index < -0.39 is 5.97 Å². The Morgan fingerprint density at radius 2 is 2.00 bits per heavy atom. The average Bonchev–Trinajstić information content (AvgIpc) is 2.29. The lowest BCUT2D eigenvalue weighted by Gasteiger charge is -2.13. The molecule has 98 valence electrons. The van der Waals surface area contributed by atoms with Gasteiger partial charge in [0.1, 0.15) is 0 Å². The first kappa shape index (κ1) is 15.7. The molecule has 0 spiro atoms. The summed E-state index contributed by atoms with van der Waals surface area (Å²) in [5.41, 5.74) is 1.16. The van der Waals surface area contributed by atoms with Gasteiger partial charge >= 0.3 is 5.97 Å². The van der Waals surface area contributed by atoms with Crippen LogP contribution in [0.15, 0.2) is 15.0 Å². The number of alkyl halides is 1. The summed E-state index contributed by atoms with van der Waals surface area (Å²) >= 11 is 9.75. The van der Waals surface area contributed by atoms with Gasteiger partial charge in [0, 0.05) is 20.7 Å². The largest absolute Gasteiger partial charge is 0.478 e. The van der Waals surface area contributed by atoms with Crippen LogP contribution >= 0.6 is 47.8 Å². The van der Waals surface area contributed by atoms with Crippen molar-refractivity contribution in [3.8, 4) is 0 Å². The number of carbonyl (C=O) groups is 2. The summed E-state index contributed by atoms with van der Waals surface area (Å²) in [6.45, 7) is 1.82. The molecule has 0 saturated carbocycles. The lowest BCUT2D eigenvalue weighted by Crippen LogP contribution is -2.15. The monoisotopic (exact) mass is 441 g/mol. The van der Waals surface area contributed by atoms with Crippen molar-refractivity contribution < 1.29 is 14.7 Å². The van der Waals surface area contributed by atoms with Crippen molar-refractivity contribution in [1.82, 2.24) is 0 Å². The van der Waals surface area contributed by atoms with Gasteiger partial charge in [0.2, 0.25) is 5.91 Å². The molecule has 0 unspecified atom stereocenters. The minimum atomic E-state index is -1.09. The minimum absolute atomic E-state index is 0.0438. The fraction of sp³-hybridized carbons (Fsp3) is 0.273. The van der Waals surface area contributed by atoms with E-state index in [4.69, 9.17) is 5.11 Å². The second-order valence-corrected chi connectivity index (χ2v) is 5.95. The summed E-state index contributed by atoms with van der Waals surface area (Å²) in [5.74, 6) is -1.33. The highest BCUT2D eigenvalue weighted by molar-refractivity contribution is 9.11. The molecule has 18 heavy (non-hydrogen) atoms. The number of carboxylic acids is 1. The van der Waals surface area contributed by atoms with Gasteiger partial charge in [-0.2, -0.15) is 0 Å². The molecule has 7 heteroatoms. The molecule has 0 bridgehead atoms. The summed E-state index contributed by atoms with van der Waals surface area (Å²) < 4.78 is 1.24. The Morgan fingerprint density at radius 1 is 1.39 bits per heavy atom. The molecule has 0 aliphatic rings. The van der Waals surface area contributed by atoms with Gasteiger partial charge in [-0.1, -0.05) is 31.9 Å². The fourth-order valence-corrected chi connectivity index (χ4v) is 2.88. The molecule has 1 amide bonds. The Morgan fingerprint density at radius 3 is 2.50 bits per heavy atom. The van der Waals surface area contributed by atoms with Crippen LogP contribution in [-0.2, 0) is 4.79 Å².